The number of hydrogen-bond acceptors (Lipinski definition) is 5. The number of anilines is 1. The molecule has 3 heterocycles. The summed E-state index contributed by atoms with van der Waals surface area (Å²) in [4.78, 5) is 31.3. The Morgan fingerprint density at radius 3 is 2.68 bits per heavy atom. The molecule has 5 rings (SSSR count). The summed E-state index contributed by atoms with van der Waals surface area (Å²) in [7, 11) is 0. The van der Waals surface area contributed by atoms with Gasteiger partial charge in [0.25, 0.3) is 5.91 Å². The fourth-order valence-corrected chi connectivity index (χ4v) is 5.31. The first-order chi connectivity index (χ1) is 13.4. The van der Waals surface area contributed by atoms with E-state index in [-0.39, 0.29) is 11.3 Å². The van der Waals surface area contributed by atoms with Gasteiger partial charge in [0.2, 0.25) is 0 Å². The number of rotatable bonds is 4. The van der Waals surface area contributed by atoms with Crippen molar-refractivity contribution in [3.63, 3.8) is 0 Å². The number of nitrogens with one attached hydrogen (secondary N) is 1. The molecular weight excluding hydrogens is 396 g/mol. The molecule has 1 aliphatic heterocycles. The smallest absolute Gasteiger partial charge is 0.270 e. The van der Waals surface area contributed by atoms with Crippen LogP contribution in [0.15, 0.2) is 30.5 Å². The Morgan fingerprint density at radius 2 is 2.00 bits per heavy atom. The van der Waals surface area contributed by atoms with E-state index in [1.54, 1.807) is 10.6 Å². The molecule has 2 aliphatic rings. The van der Waals surface area contributed by atoms with E-state index < -0.39 is 0 Å². The Kier molecular flexibility index (Phi) is 4.00. The monoisotopic (exact) mass is 414 g/mol. The summed E-state index contributed by atoms with van der Waals surface area (Å²) in [6.45, 7) is 4.21. The van der Waals surface area contributed by atoms with E-state index >= 15 is 0 Å². The molecule has 1 saturated heterocycles. The molecule has 3 aromatic rings. The average molecular weight is 415 g/mol. The molecule has 1 spiro atoms. The second-order valence-corrected chi connectivity index (χ2v) is 9.47. The van der Waals surface area contributed by atoms with Crippen molar-refractivity contribution < 1.29 is 9.59 Å². The van der Waals surface area contributed by atoms with Gasteiger partial charge in [0, 0.05) is 49.8 Å². The van der Waals surface area contributed by atoms with Crippen molar-refractivity contribution in [2.45, 2.75) is 26.3 Å². The maximum atomic E-state index is 12.6. The van der Waals surface area contributed by atoms with Crippen molar-refractivity contribution in [3.8, 4) is 0 Å². The lowest BCUT2D eigenvalue weighted by molar-refractivity contribution is -0.134. The van der Waals surface area contributed by atoms with Crippen molar-refractivity contribution in [2.75, 3.05) is 18.0 Å². The molecule has 1 aliphatic carbocycles. The number of halogens is 1. The van der Waals surface area contributed by atoms with Crippen molar-refractivity contribution in [1.82, 2.24) is 14.7 Å². The Balaban J connectivity index is 1.21. The Morgan fingerprint density at radius 1 is 1.29 bits per heavy atom. The van der Waals surface area contributed by atoms with Gasteiger partial charge in [-0.05, 0) is 24.6 Å². The molecule has 2 fully saturated rings. The van der Waals surface area contributed by atoms with E-state index in [1.807, 2.05) is 19.1 Å². The first-order valence-corrected chi connectivity index (χ1v) is 10.4. The number of thiazole rings is 1. The maximum Gasteiger partial charge on any atom is 0.270 e. The predicted octanol–water partition coefficient (Wildman–Crippen LogP) is 3.46. The van der Waals surface area contributed by atoms with Gasteiger partial charge in [0.15, 0.2) is 4.96 Å². The predicted molar refractivity (Wildman–Crippen MR) is 109 cm³/mol. The van der Waals surface area contributed by atoms with E-state index in [0.717, 1.165) is 36.5 Å². The number of carbonyl (C=O) groups excluding carboxylic acids is 2. The molecule has 144 valence electrons. The highest BCUT2D eigenvalue weighted by atomic mass is 35.5. The highest BCUT2D eigenvalue weighted by Gasteiger charge is 2.51. The van der Waals surface area contributed by atoms with E-state index in [9.17, 15) is 9.59 Å². The van der Waals surface area contributed by atoms with Gasteiger partial charge in [0.1, 0.15) is 15.8 Å². The lowest BCUT2D eigenvalue weighted by Crippen LogP contribution is -2.62. The van der Waals surface area contributed by atoms with Crippen LogP contribution in [0.2, 0.25) is 4.34 Å². The van der Waals surface area contributed by atoms with Crippen LogP contribution in [0, 0.1) is 12.3 Å². The average Bonchev–Trinajstić information content (AvgIpc) is 3.09. The van der Waals surface area contributed by atoms with Crippen LogP contribution >= 0.6 is 22.9 Å². The Bertz CT molecular complexity index is 1090. The molecule has 0 unspecified atom stereocenters. The number of nitrogens with zero attached hydrogens (tertiary/aromatic N) is 3. The number of Topliss-reactive ketones (excluding diaryl/α,β-unsaturated/α-hetero) is 1. The van der Waals surface area contributed by atoms with Crippen LogP contribution < -0.4 is 10.2 Å². The molecular formula is C20H19ClN4O2S. The van der Waals surface area contributed by atoms with Crippen molar-refractivity contribution >= 4 is 45.3 Å². The summed E-state index contributed by atoms with van der Waals surface area (Å²) in [5.41, 5.74) is 3.67. The summed E-state index contributed by atoms with van der Waals surface area (Å²) in [5.74, 6) is 0.226. The SMILES string of the molecule is Cc1nc2sc(Cl)cn2c1C(=O)NCc1ccc(N2CC3(CC(=O)C3)C2)cc1. The third-order valence-corrected chi connectivity index (χ3v) is 6.74. The number of amides is 1. The first-order valence-electron chi connectivity index (χ1n) is 9.20. The molecule has 2 aromatic heterocycles. The number of fused-ring (bicyclic) bond motifs is 1. The fraction of sp³-hybridized carbons (Fsp3) is 0.350. The number of aromatic nitrogens is 2. The van der Waals surface area contributed by atoms with Gasteiger partial charge in [-0.1, -0.05) is 35.1 Å². The normalized spacial score (nSPS) is 17.6. The standard InChI is InChI=1S/C20H19ClN4O2S/c1-12-17(25-9-16(21)28-19(25)23-12)18(27)22-8-13-2-4-14(5-3-13)24-10-20(11-24)6-15(26)7-20/h2-5,9H,6-8,10-11H2,1H3,(H,22,27). The summed E-state index contributed by atoms with van der Waals surface area (Å²) in [6, 6.07) is 8.23. The summed E-state index contributed by atoms with van der Waals surface area (Å²) >= 11 is 7.38. The Hall–Kier alpha value is -2.38. The summed E-state index contributed by atoms with van der Waals surface area (Å²) in [5, 5.41) is 2.97. The fourth-order valence-electron chi connectivity index (χ4n) is 4.25. The maximum absolute atomic E-state index is 12.6. The van der Waals surface area contributed by atoms with E-state index in [1.165, 1.54) is 17.0 Å². The van der Waals surface area contributed by atoms with E-state index in [0.29, 0.717) is 28.1 Å². The number of imidazole rings is 1. The number of aryl methyl sites for hydroxylation is 1. The minimum absolute atomic E-state index is 0.164. The second-order valence-electron chi connectivity index (χ2n) is 7.83. The molecule has 1 N–H and O–H groups in total. The van der Waals surface area contributed by atoms with Crippen LogP contribution in [0.1, 0.15) is 34.6 Å². The van der Waals surface area contributed by atoms with Gasteiger partial charge >= 0.3 is 0 Å². The minimum atomic E-state index is -0.164. The molecule has 0 radical (unpaired) electrons. The summed E-state index contributed by atoms with van der Waals surface area (Å²) in [6.07, 6.45) is 3.20. The Labute approximate surface area is 171 Å². The van der Waals surface area contributed by atoms with Crippen LogP contribution in [0.25, 0.3) is 4.96 Å². The lowest BCUT2D eigenvalue weighted by Gasteiger charge is -2.55. The largest absolute Gasteiger partial charge is 0.370 e. The zero-order valence-electron chi connectivity index (χ0n) is 15.4. The first kappa shape index (κ1) is 17.7. The molecule has 1 aromatic carbocycles. The molecule has 28 heavy (non-hydrogen) atoms. The van der Waals surface area contributed by atoms with Gasteiger partial charge in [-0.25, -0.2) is 4.98 Å². The summed E-state index contributed by atoms with van der Waals surface area (Å²) < 4.78 is 2.34. The quantitative estimate of drug-likeness (QED) is 0.710. The van der Waals surface area contributed by atoms with Gasteiger partial charge in [-0.3, -0.25) is 14.0 Å². The zero-order chi connectivity index (χ0) is 19.5. The van der Waals surface area contributed by atoms with Crippen LogP contribution in [0.4, 0.5) is 5.69 Å². The van der Waals surface area contributed by atoms with E-state index in [4.69, 9.17) is 11.6 Å². The number of carbonyl (C=O) groups is 2. The zero-order valence-corrected chi connectivity index (χ0v) is 16.9. The van der Waals surface area contributed by atoms with Crippen LogP contribution in [0.5, 0.6) is 0 Å². The molecule has 6 nitrogen and oxygen atoms in total. The third kappa shape index (κ3) is 2.89. The van der Waals surface area contributed by atoms with Crippen molar-refractivity contribution in [1.29, 1.82) is 0 Å². The van der Waals surface area contributed by atoms with Gasteiger partial charge in [-0.2, -0.15) is 0 Å². The number of hydrogen-bond donors (Lipinski definition) is 1. The second kappa shape index (κ2) is 6.32. The van der Waals surface area contributed by atoms with Crippen LogP contribution in [0.3, 0.4) is 0 Å². The van der Waals surface area contributed by atoms with Gasteiger partial charge < -0.3 is 10.2 Å². The topological polar surface area (TPSA) is 66.7 Å². The number of ketones is 1. The lowest BCUT2D eigenvalue weighted by atomic mass is 9.62. The highest BCUT2D eigenvalue weighted by molar-refractivity contribution is 7.20. The molecule has 8 heteroatoms. The van der Waals surface area contributed by atoms with Crippen molar-refractivity contribution in [3.05, 3.63) is 51.7 Å². The number of benzene rings is 1. The molecule has 0 atom stereocenters. The minimum Gasteiger partial charge on any atom is -0.370 e. The van der Waals surface area contributed by atoms with Crippen molar-refractivity contribution in [2.24, 2.45) is 5.41 Å². The van der Waals surface area contributed by atoms with Gasteiger partial charge in [-0.15, -0.1) is 0 Å². The third-order valence-electron chi connectivity index (χ3n) is 5.64. The van der Waals surface area contributed by atoms with Crippen LogP contribution in [-0.2, 0) is 11.3 Å². The molecule has 1 saturated carbocycles. The van der Waals surface area contributed by atoms with E-state index in [2.05, 4.69) is 27.3 Å². The highest BCUT2D eigenvalue weighted by Crippen LogP contribution is 2.47. The van der Waals surface area contributed by atoms with Crippen LogP contribution in [-0.4, -0.2) is 34.2 Å². The molecule has 0 bridgehead atoms. The molecule has 1 amide bonds. The van der Waals surface area contributed by atoms with Gasteiger partial charge in [0.05, 0.1) is 5.69 Å².